The van der Waals surface area contributed by atoms with Gasteiger partial charge in [0.1, 0.15) is 11.7 Å². The van der Waals surface area contributed by atoms with E-state index in [1.165, 1.54) is 12.0 Å². The van der Waals surface area contributed by atoms with E-state index in [0.29, 0.717) is 32.4 Å². The molecule has 0 aliphatic carbocycles. The zero-order chi connectivity index (χ0) is 33.9. The van der Waals surface area contributed by atoms with Crippen molar-refractivity contribution in [1.82, 2.24) is 10.2 Å². The molecule has 1 fully saturated rings. The molecule has 0 aromatic carbocycles. The average molecular weight is 639 g/mol. The van der Waals surface area contributed by atoms with Crippen LogP contribution in [0.1, 0.15) is 73.6 Å². The van der Waals surface area contributed by atoms with Gasteiger partial charge in [-0.3, -0.25) is 4.79 Å². The van der Waals surface area contributed by atoms with E-state index in [0.717, 1.165) is 5.57 Å². The van der Waals surface area contributed by atoms with Crippen LogP contribution in [-0.4, -0.2) is 114 Å². The molecule has 2 heterocycles. The van der Waals surface area contributed by atoms with E-state index in [9.17, 15) is 24.9 Å². The van der Waals surface area contributed by atoms with E-state index >= 15 is 0 Å². The van der Waals surface area contributed by atoms with E-state index < -0.39 is 47.7 Å². The number of nitrogens with one attached hydrogen (secondary N) is 1. The molecule has 0 radical (unpaired) electrons. The zero-order valence-corrected chi connectivity index (χ0v) is 28.7. The number of rotatable bonds is 13. The lowest BCUT2D eigenvalue weighted by atomic mass is 9.88. The second-order valence-corrected chi connectivity index (χ2v) is 13.2. The monoisotopic (exact) mass is 638 g/mol. The lowest BCUT2D eigenvalue weighted by molar-refractivity contribution is -0.151. The van der Waals surface area contributed by atoms with E-state index in [1.807, 2.05) is 40.7 Å². The fourth-order valence-electron chi connectivity index (χ4n) is 5.58. The van der Waals surface area contributed by atoms with Gasteiger partial charge in [-0.25, -0.2) is 4.79 Å². The predicted octanol–water partition coefficient (Wildman–Crippen LogP) is 3.51. The third-order valence-electron chi connectivity index (χ3n) is 9.05. The van der Waals surface area contributed by atoms with E-state index in [-0.39, 0.29) is 36.9 Å². The molecule has 2 aliphatic rings. The number of methoxy groups -OCH3 is 1. The number of allylic oxidation sites excluding steroid dienone is 2. The SMILES string of the molecule is CC[C@H](O)[C@@H](C)[C@H]1O[C@@H]1CC(C)(O)/C=C/C=C(\C)C1OC(=O)CC(O)CCC(C)(OC)C(OC(=O)N(C)CCNC)C=CC1C. The first kappa shape index (κ1) is 38.9. The Morgan fingerprint density at radius 1 is 1.36 bits per heavy atom. The lowest BCUT2D eigenvalue weighted by Crippen LogP contribution is -2.46. The van der Waals surface area contributed by atoms with Gasteiger partial charge in [0.2, 0.25) is 0 Å². The molecule has 6 unspecified atom stereocenters. The molecule has 0 aromatic rings. The van der Waals surface area contributed by atoms with Gasteiger partial charge >= 0.3 is 12.1 Å². The molecular formula is C34H58N2O9. The number of aliphatic hydroxyl groups is 3. The summed E-state index contributed by atoms with van der Waals surface area (Å²) in [6.07, 6.45) is 6.72. The van der Waals surface area contributed by atoms with Gasteiger partial charge in [-0.1, -0.05) is 45.1 Å². The van der Waals surface area contributed by atoms with Crippen LogP contribution in [0.3, 0.4) is 0 Å². The number of carbonyl (C=O) groups excluding carboxylic acids is 2. The first-order chi connectivity index (χ1) is 21.1. The van der Waals surface area contributed by atoms with Crippen molar-refractivity contribution in [2.75, 3.05) is 34.3 Å². The first-order valence-electron chi connectivity index (χ1n) is 16.2. The number of ether oxygens (including phenoxy) is 4. The van der Waals surface area contributed by atoms with Crippen LogP contribution < -0.4 is 5.32 Å². The largest absolute Gasteiger partial charge is 0.457 e. The zero-order valence-electron chi connectivity index (χ0n) is 28.7. The molecule has 0 saturated carbocycles. The van der Waals surface area contributed by atoms with Gasteiger partial charge in [0.15, 0.2) is 6.10 Å². The Kier molecular flexibility index (Phi) is 15.2. The summed E-state index contributed by atoms with van der Waals surface area (Å²) in [6, 6.07) is 0. The van der Waals surface area contributed by atoms with Crippen LogP contribution in [0.4, 0.5) is 4.79 Å². The van der Waals surface area contributed by atoms with Crippen molar-refractivity contribution >= 4 is 12.1 Å². The molecule has 1 amide bonds. The highest BCUT2D eigenvalue weighted by Crippen LogP contribution is 2.37. The van der Waals surface area contributed by atoms with Crippen LogP contribution in [0.25, 0.3) is 0 Å². The van der Waals surface area contributed by atoms with Crippen molar-refractivity contribution in [1.29, 1.82) is 0 Å². The summed E-state index contributed by atoms with van der Waals surface area (Å²) >= 11 is 0. The molecule has 10 atom stereocenters. The Hall–Kier alpha value is -2.28. The summed E-state index contributed by atoms with van der Waals surface area (Å²) < 4.78 is 23.4. The minimum Gasteiger partial charge on any atom is -0.457 e. The topological polar surface area (TPSA) is 150 Å². The Morgan fingerprint density at radius 2 is 2.04 bits per heavy atom. The number of esters is 1. The Labute approximate surface area is 269 Å². The second kappa shape index (κ2) is 17.6. The molecule has 1 saturated heterocycles. The van der Waals surface area contributed by atoms with Crippen molar-refractivity contribution in [3.63, 3.8) is 0 Å². The third kappa shape index (κ3) is 12.1. The van der Waals surface area contributed by atoms with E-state index in [4.69, 9.17) is 18.9 Å². The molecule has 0 spiro atoms. The maximum Gasteiger partial charge on any atom is 0.410 e. The summed E-state index contributed by atoms with van der Waals surface area (Å²) in [4.78, 5) is 27.3. The molecule has 0 aromatic heterocycles. The first-order valence-corrected chi connectivity index (χ1v) is 16.2. The maximum atomic E-state index is 12.9. The number of likely N-dealkylation sites (N-methyl/N-ethyl adjacent to an activating group) is 2. The van der Waals surface area contributed by atoms with Gasteiger partial charge in [0, 0.05) is 45.5 Å². The summed E-state index contributed by atoms with van der Waals surface area (Å²) in [7, 11) is 5.01. The number of carbonyl (C=O) groups is 2. The third-order valence-corrected chi connectivity index (χ3v) is 9.05. The number of cyclic esters (lactones) is 1. The van der Waals surface area contributed by atoms with Crippen molar-refractivity contribution in [2.45, 2.75) is 121 Å². The maximum absolute atomic E-state index is 12.9. The molecule has 11 heteroatoms. The van der Waals surface area contributed by atoms with Crippen LogP contribution in [0.15, 0.2) is 36.0 Å². The Bertz CT molecular complexity index is 1040. The molecule has 258 valence electrons. The van der Waals surface area contributed by atoms with Crippen LogP contribution in [0.5, 0.6) is 0 Å². The fraction of sp³-hybridized carbons (Fsp3) is 0.765. The van der Waals surface area contributed by atoms with Gasteiger partial charge in [-0.05, 0) is 58.7 Å². The molecule has 0 bridgehead atoms. The normalized spacial score (nSPS) is 32.5. The lowest BCUT2D eigenvalue weighted by Gasteiger charge is -2.36. The van der Waals surface area contributed by atoms with E-state index in [1.54, 1.807) is 45.3 Å². The standard InChI is InChI=1S/C34H58N2O9/c1-10-26(38)24(4)31-27(43-31)21-33(5,41)16-11-12-22(2)30-23(3)13-14-28(44-32(40)36(8)19-18-35-7)34(6,42-9)17-15-25(37)20-29(39)45-30/h11-14,16,23-28,30-31,35,37-38,41H,10,15,17-21H2,1-9H3/b14-13?,16-11+,22-12+/t23?,24-,25?,26+,27-,28?,30?,31-,33?,34?/m1/s1. The molecule has 2 aliphatic heterocycles. The minimum atomic E-state index is -1.14. The van der Waals surface area contributed by atoms with Gasteiger partial charge < -0.3 is 44.5 Å². The summed E-state index contributed by atoms with van der Waals surface area (Å²) in [5.41, 5.74) is -1.37. The quantitative estimate of drug-likeness (QED) is 0.102. The van der Waals surface area contributed by atoms with Crippen molar-refractivity contribution < 1.29 is 43.9 Å². The van der Waals surface area contributed by atoms with Gasteiger partial charge in [0.25, 0.3) is 0 Å². The van der Waals surface area contributed by atoms with Gasteiger partial charge in [-0.2, -0.15) is 0 Å². The smallest absolute Gasteiger partial charge is 0.410 e. The number of hydrogen-bond donors (Lipinski definition) is 4. The average Bonchev–Trinajstić information content (AvgIpc) is 3.75. The summed E-state index contributed by atoms with van der Waals surface area (Å²) in [5.74, 6) is -0.854. The number of nitrogens with zero attached hydrogens (tertiary/aromatic N) is 1. The summed E-state index contributed by atoms with van der Waals surface area (Å²) in [5, 5.41) is 34.8. The number of epoxide rings is 1. The highest BCUT2D eigenvalue weighted by Gasteiger charge is 2.47. The molecule has 45 heavy (non-hydrogen) atoms. The highest BCUT2D eigenvalue weighted by atomic mass is 16.6. The van der Waals surface area contributed by atoms with Gasteiger partial charge in [0.05, 0.1) is 36.4 Å². The molecule has 4 N–H and O–H groups in total. The Morgan fingerprint density at radius 3 is 2.67 bits per heavy atom. The number of hydrogen-bond acceptors (Lipinski definition) is 10. The van der Waals surface area contributed by atoms with Gasteiger partial charge in [-0.15, -0.1) is 0 Å². The van der Waals surface area contributed by atoms with Crippen LogP contribution in [-0.2, 0) is 23.7 Å². The predicted molar refractivity (Wildman–Crippen MR) is 173 cm³/mol. The van der Waals surface area contributed by atoms with Crippen LogP contribution >= 0.6 is 0 Å². The Balaban J connectivity index is 2.26. The van der Waals surface area contributed by atoms with Crippen molar-refractivity contribution in [3.05, 3.63) is 36.0 Å². The summed E-state index contributed by atoms with van der Waals surface area (Å²) in [6.45, 7) is 12.2. The fourth-order valence-corrected chi connectivity index (χ4v) is 5.58. The highest BCUT2D eigenvalue weighted by molar-refractivity contribution is 5.70. The number of amides is 1. The minimum absolute atomic E-state index is 0.00472. The van der Waals surface area contributed by atoms with Crippen LogP contribution in [0, 0.1) is 11.8 Å². The van der Waals surface area contributed by atoms with Crippen LogP contribution in [0.2, 0.25) is 0 Å². The van der Waals surface area contributed by atoms with Crippen molar-refractivity contribution in [2.24, 2.45) is 11.8 Å². The number of aliphatic hydroxyl groups excluding tert-OH is 2. The van der Waals surface area contributed by atoms with Crippen molar-refractivity contribution in [3.8, 4) is 0 Å². The molecule has 2 rings (SSSR count). The second-order valence-electron chi connectivity index (χ2n) is 13.2. The molecule has 11 nitrogen and oxygen atoms in total. The molecular weight excluding hydrogens is 580 g/mol. The van der Waals surface area contributed by atoms with E-state index in [2.05, 4.69) is 5.32 Å².